The number of aromatic nitrogens is 4. The number of aromatic amines is 1. The number of piperidine rings is 1. The van der Waals surface area contributed by atoms with Crippen molar-refractivity contribution in [2.45, 2.75) is 46.0 Å². The third-order valence-corrected chi connectivity index (χ3v) is 4.84. The molecule has 0 bridgehead atoms. The predicted octanol–water partition coefficient (Wildman–Crippen LogP) is 1.02. The average molecular weight is 356 g/mol. The van der Waals surface area contributed by atoms with Crippen LogP contribution in [0, 0.1) is 20.8 Å². The largest absolute Gasteiger partial charge is 0.368 e. The average Bonchev–Trinajstić information content (AvgIpc) is 2.57. The number of nitrogens with two attached hydrogens (primary N) is 1. The number of carbonyl (C=O) groups excluding carboxylic acids is 1. The van der Waals surface area contributed by atoms with Gasteiger partial charge in [0.05, 0.1) is 12.1 Å². The Bertz CT molecular complexity index is 868. The van der Waals surface area contributed by atoms with Crippen LogP contribution in [0.25, 0.3) is 0 Å². The maximum absolute atomic E-state index is 12.8. The number of amides is 1. The van der Waals surface area contributed by atoms with Crippen molar-refractivity contribution in [2.24, 2.45) is 0 Å². The minimum Gasteiger partial charge on any atom is -0.368 e. The van der Waals surface area contributed by atoms with E-state index in [9.17, 15) is 9.59 Å². The molecule has 3 N–H and O–H groups in total. The van der Waals surface area contributed by atoms with Crippen molar-refractivity contribution in [2.75, 3.05) is 18.8 Å². The Labute approximate surface area is 151 Å². The van der Waals surface area contributed by atoms with Crippen molar-refractivity contribution in [1.82, 2.24) is 24.8 Å². The third-order valence-electron chi connectivity index (χ3n) is 4.84. The monoisotopic (exact) mass is 356 g/mol. The molecule has 3 heterocycles. The van der Waals surface area contributed by atoms with Crippen LogP contribution < -0.4 is 11.3 Å². The van der Waals surface area contributed by atoms with Crippen LogP contribution in [0.2, 0.25) is 0 Å². The lowest BCUT2D eigenvalue weighted by Crippen LogP contribution is -2.40. The summed E-state index contributed by atoms with van der Waals surface area (Å²) in [6.45, 7) is 6.74. The van der Waals surface area contributed by atoms with Gasteiger partial charge < -0.3 is 15.6 Å². The number of carbonyl (C=O) groups is 1. The molecule has 0 saturated carbocycles. The fraction of sp³-hybridized carbons (Fsp3) is 0.500. The molecular weight excluding hydrogens is 332 g/mol. The highest BCUT2D eigenvalue weighted by Crippen LogP contribution is 2.25. The molecule has 8 heteroatoms. The fourth-order valence-corrected chi connectivity index (χ4v) is 3.54. The Morgan fingerprint density at radius 2 is 1.96 bits per heavy atom. The van der Waals surface area contributed by atoms with Gasteiger partial charge in [-0.15, -0.1) is 0 Å². The van der Waals surface area contributed by atoms with Crippen molar-refractivity contribution in [3.8, 4) is 0 Å². The molecule has 0 unspecified atom stereocenters. The normalized spacial score (nSPS) is 17.3. The van der Waals surface area contributed by atoms with Gasteiger partial charge in [0.25, 0.3) is 5.56 Å². The molecular formula is C18H24N6O2. The summed E-state index contributed by atoms with van der Waals surface area (Å²) in [4.78, 5) is 41.8. The zero-order chi connectivity index (χ0) is 18.8. The molecule has 8 nitrogen and oxygen atoms in total. The number of nitrogen functional groups attached to an aromatic ring is 1. The number of hydrogen-bond donors (Lipinski definition) is 2. The summed E-state index contributed by atoms with van der Waals surface area (Å²) in [6, 6.07) is 1.54. The SMILES string of the molecule is Cc1nc([C@H]2CCCN(C(=O)Cc3c(C)nc(N)nc3C)C2)cc(=O)[nH]1. The van der Waals surface area contributed by atoms with Gasteiger partial charge in [-0.2, -0.15) is 0 Å². The quantitative estimate of drug-likeness (QED) is 0.847. The lowest BCUT2D eigenvalue weighted by molar-refractivity contribution is -0.131. The van der Waals surface area contributed by atoms with Crippen LogP contribution in [0.3, 0.4) is 0 Å². The molecule has 138 valence electrons. The summed E-state index contributed by atoms with van der Waals surface area (Å²) >= 11 is 0. The van der Waals surface area contributed by atoms with Gasteiger partial charge in [0.1, 0.15) is 5.82 Å². The number of anilines is 1. The zero-order valence-corrected chi connectivity index (χ0v) is 15.4. The van der Waals surface area contributed by atoms with Gasteiger partial charge in [-0.1, -0.05) is 0 Å². The number of hydrogen-bond acceptors (Lipinski definition) is 6. The summed E-state index contributed by atoms with van der Waals surface area (Å²) in [6.07, 6.45) is 2.06. The van der Waals surface area contributed by atoms with Gasteiger partial charge >= 0.3 is 0 Å². The molecule has 26 heavy (non-hydrogen) atoms. The molecule has 2 aromatic heterocycles. The van der Waals surface area contributed by atoms with E-state index in [1.54, 1.807) is 6.92 Å². The first-order valence-corrected chi connectivity index (χ1v) is 8.78. The number of nitrogens with zero attached hydrogens (tertiary/aromatic N) is 4. The molecule has 0 aliphatic carbocycles. The highest BCUT2D eigenvalue weighted by molar-refractivity contribution is 5.79. The van der Waals surface area contributed by atoms with Gasteiger partial charge in [0, 0.05) is 42.0 Å². The van der Waals surface area contributed by atoms with E-state index in [0.717, 1.165) is 35.5 Å². The van der Waals surface area contributed by atoms with Crippen molar-refractivity contribution >= 4 is 11.9 Å². The smallest absolute Gasteiger partial charge is 0.251 e. The van der Waals surface area contributed by atoms with Crippen molar-refractivity contribution < 1.29 is 4.79 Å². The van der Waals surface area contributed by atoms with E-state index >= 15 is 0 Å². The van der Waals surface area contributed by atoms with Crippen LogP contribution in [0.15, 0.2) is 10.9 Å². The van der Waals surface area contributed by atoms with Crippen LogP contribution in [0.5, 0.6) is 0 Å². The van der Waals surface area contributed by atoms with E-state index in [0.29, 0.717) is 18.9 Å². The van der Waals surface area contributed by atoms with Gasteiger partial charge in [-0.25, -0.2) is 15.0 Å². The Balaban J connectivity index is 1.75. The first kappa shape index (κ1) is 18.0. The highest BCUT2D eigenvalue weighted by Gasteiger charge is 2.27. The predicted molar refractivity (Wildman–Crippen MR) is 97.8 cm³/mol. The molecule has 1 atom stereocenters. The minimum absolute atomic E-state index is 0.0378. The number of nitrogens with one attached hydrogen (secondary N) is 1. The van der Waals surface area contributed by atoms with Gasteiger partial charge in [-0.3, -0.25) is 9.59 Å². The number of likely N-dealkylation sites (tertiary alicyclic amines) is 1. The van der Waals surface area contributed by atoms with Crippen LogP contribution in [0.1, 0.15) is 47.2 Å². The second-order valence-electron chi connectivity index (χ2n) is 6.84. The van der Waals surface area contributed by atoms with E-state index in [4.69, 9.17) is 5.73 Å². The molecule has 1 fully saturated rings. The van der Waals surface area contributed by atoms with Gasteiger partial charge in [0.15, 0.2) is 0 Å². The van der Waals surface area contributed by atoms with Crippen molar-refractivity contribution in [1.29, 1.82) is 0 Å². The lowest BCUT2D eigenvalue weighted by Gasteiger charge is -2.32. The summed E-state index contributed by atoms with van der Waals surface area (Å²) < 4.78 is 0. The molecule has 2 aromatic rings. The maximum Gasteiger partial charge on any atom is 0.251 e. The highest BCUT2D eigenvalue weighted by atomic mass is 16.2. The van der Waals surface area contributed by atoms with Gasteiger partial charge in [0.2, 0.25) is 11.9 Å². The third kappa shape index (κ3) is 3.89. The lowest BCUT2D eigenvalue weighted by atomic mass is 9.94. The standard InChI is InChI=1S/C18H24N6O2/c1-10-14(11(2)21-18(19)20-10)7-17(26)24-6-4-5-13(9-24)15-8-16(25)23-12(3)22-15/h8,13H,4-7,9H2,1-3H3,(H2,19,20,21)(H,22,23,25)/t13-/m0/s1. The van der Waals surface area contributed by atoms with Crippen LogP contribution in [-0.4, -0.2) is 43.8 Å². The zero-order valence-electron chi connectivity index (χ0n) is 15.4. The Morgan fingerprint density at radius 1 is 1.27 bits per heavy atom. The number of H-pyrrole nitrogens is 1. The summed E-state index contributed by atoms with van der Waals surface area (Å²) in [5.74, 6) is 0.945. The Kier molecular flexibility index (Phi) is 5.01. The first-order chi connectivity index (χ1) is 12.3. The molecule has 0 spiro atoms. The topological polar surface area (TPSA) is 118 Å². The summed E-state index contributed by atoms with van der Waals surface area (Å²) in [5, 5.41) is 0. The Morgan fingerprint density at radius 3 is 2.62 bits per heavy atom. The van der Waals surface area contributed by atoms with Crippen LogP contribution in [0.4, 0.5) is 5.95 Å². The molecule has 1 amide bonds. The van der Waals surface area contributed by atoms with E-state index in [1.165, 1.54) is 6.07 Å². The number of rotatable bonds is 3. The molecule has 1 saturated heterocycles. The van der Waals surface area contributed by atoms with E-state index < -0.39 is 0 Å². The Hall–Kier alpha value is -2.77. The molecule has 1 aliphatic rings. The van der Waals surface area contributed by atoms with E-state index in [2.05, 4.69) is 19.9 Å². The van der Waals surface area contributed by atoms with Crippen LogP contribution in [-0.2, 0) is 11.2 Å². The van der Waals surface area contributed by atoms with Crippen molar-refractivity contribution in [3.05, 3.63) is 44.9 Å². The molecule has 0 radical (unpaired) electrons. The minimum atomic E-state index is -0.152. The maximum atomic E-state index is 12.8. The van der Waals surface area contributed by atoms with Crippen LogP contribution >= 0.6 is 0 Å². The molecule has 1 aliphatic heterocycles. The van der Waals surface area contributed by atoms with Crippen molar-refractivity contribution in [3.63, 3.8) is 0 Å². The fourth-order valence-electron chi connectivity index (χ4n) is 3.54. The molecule has 3 rings (SSSR count). The van der Waals surface area contributed by atoms with E-state index in [-0.39, 0.29) is 29.8 Å². The second kappa shape index (κ2) is 7.23. The molecule has 0 aromatic carbocycles. The summed E-state index contributed by atoms with van der Waals surface area (Å²) in [5.41, 5.74) is 8.57. The van der Waals surface area contributed by atoms with Gasteiger partial charge in [-0.05, 0) is 33.6 Å². The number of aryl methyl sites for hydroxylation is 3. The second-order valence-corrected chi connectivity index (χ2v) is 6.84. The van der Waals surface area contributed by atoms with E-state index in [1.807, 2.05) is 18.7 Å². The summed E-state index contributed by atoms with van der Waals surface area (Å²) in [7, 11) is 0. The first-order valence-electron chi connectivity index (χ1n) is 8.78.